The molecule has 2 nitrogen and oxygen atoms in total. The lowest BCUT2D eigenvalue weighted by Crippen LogP contribution is -2.21. The van der Waals surface area contributed by atoms with E-state index in [1.165, 1.54) is 99.6 Å². The fourth-order valence-electron chi connectivity index (χ4n) is 10.7. The summed E-state index contributed by atoms with van der Waals surface area (Å²) in [6.45, 7) is 4.82. The Labute approximate surface area is 358 Å². The van der Waals surface area contributed by atoms with Crippen LogP contribution in [0.5, 0.6) is 0 Å². The normalized spacial score (nSPS) is 17.2. The molecule has 4 bridgehead atoms. The van der Waals surface area contributed by atoms with Crippen LogP contribution in [0.3, 0.4) is 0 Å². The van der Waals surface area contributed by atoms with Crippen molar-refractivity contribution >= 4 is 60.8 Å². The summed E-state index contributed by atoms with van der Waals surface area (Å²) in [7, 11) is 0. The molecule has 0 fully saturated rings. The third-order valence-electron chi connectivity index (χ3n) is 13.7. The van der Waals surface area contributed by atoms with Gasteiger partial charge >= 0.3 is 0 Å². The molecule has 0 aliphatic heterocycles. The molecular weight excluding hydrogens is 737 g/mol. The van der Waals surface area contributed by atoms with Crippen LogP contribution in [0.15, 0.2) is 222 Å². The summed E-state index contributed by atoms with van der Waals surface area (Å²) in [6, 6.07) is 56.6. The van der Waals surface area contributed by atoms with Crippen molar-refractivity contribution in [3.8, 4) is 11.1 Å². The average molecular weight is 783 g/mol. The van der Waals surface area contributed by atoms with E-state index in [1.807, 2.05) is 0 Å². The smallest absolute Gasteiger partial charge is 0.0540 e. The minimum Gasteiger partial charge on any atom is -0.310 e. The Bertz CT molecular complexity index is 3250. The summed E-state index contributed by atoms with van der Waals surface area (Å²) in [5, 5.41) is 7.76. The first-order valence-electron chi connectivity index (χ1n) is 21.8. The summed E-state index contributed by atoms with van der Waals surface area (Å²) in [4.78, 5) is 4.95. The predicted octanol–water partition coefficient (Wildman–Crippen LogP) is 16.2. The molecule has 0 N–H and O–H groups in total. The van der Waals surface area contributed by atoms with Gasteiger partial charge in [-0.05, 0) is 147 Å². The number of benzene rings is 8. The van der Waals surface area contributed by atoms with E-state index in [1.54, 1.807) is 0 Å². The van der Waals surface area contributed by atoms with E-state index < -0.39 is 0 Å². The van der Waals surface area contributed by atoms with Gasteiger partial charge in [-0.2, -0.15) is 0 Å². The molecular formula is C59H46N2. The molecule has 12 rings (SSSR count). The van der Waals surface area contributed by atoms with Crippen LogP contribution in [-0.4, -0.2) is 0 Å². The number of rotatable bonds is 6. The van der Waals surface area contributed by atoms with Crippen LogP contribution in [0.2, 0.25) is 0 Å². The van der Waals surface area contributed by atoms with Crippen LogP contribution in [0.1, 0.15) is 50.7 Å². The standard InChI is InChI=1S/C59H46N2/c1-59(2)53-37-48(60(46-15-5-3-6-16-46)55-33-22-41-20-19-39-11-9-12-40(35-39)21-23-45(55)36-41)28-31-50(53)51-32-29-49(38-54(51)59)61(47-17-7-4-8-18-47)56-34-27-44-25-24-42-13-10-14-43-26-30-52(56)58(44)57(42)43/h3-18,21-34,37-38H,19-20,35-36H2,1-2H3/b40-21-,45-23?. The molecule has 0 spiro atoms. The summed E-state index contributed by atoms with van der Waals surface area (Å²) >= 11 is 0. The molecule has 0 atom stereocenters. The van der Waals surface area contributed by atoms with Gasteiger partial charge in [-0.1, -0.05) is 159 Å². The van der Waals surface area contributed by atoms with Crippen molar-refractivity contribution in [2.24, 2.45) is 0 Å². The lowest BCUT2D eigenvalue weighted by Gasteiger charge is -2.33. The number of allylic oxidation sites excluding steroid dienone is 11. The van der Waals surface area contributed by atoms with Gasteiger partial charge in [-0.15, -0.1) is 0 Å². The summed E-state index contributed by atoms with van der Waals surface area (Å²) in [6.07, 6.45) is 20.5. The molecule has 0 aromatic heterocycles. The molecule has 0 saturated carbocycles. The van der Waals surface area contributed by atoms with E-state index in [9.17, 15) is 0 Å². The fraction of sp³-hybridized carbons (Fsp3) is 0.119. The Morgan fingerprint density at radius 1 is 0.459 bits per heavy atom. The van der Waals surface area contributed by atoms with Gasteiger partial charge < -0.3 is 9.80 Å². The molecule has 8 aromatic rings. The number of fused-ring (bicyclic) bond motifs is 7. The van der Waals surface area contributed by atoms with Crippen LogP contribution >= 0.6 is 0 Å². The average Bonchev–Trinajstić information content (AvgIpc) is 3.53. The maximum atomic E-state index is 2.49. The Morgan fingerprint density at radius 3 is 1.77 bits per heavy atom. The van der Waals surface area contributed by atoms with Crippen molar-refractivity contribution in [1.82, 2.24) is 0 Å². The van der Waals surface area contributed by atoms with Crippen molar-refractivity contribution in [1.29, 1.82) is 0 Å². The third-order valence-corrected chi connectivity index (χ3v) is 13.7. The fourth-order valence-corrected chi connectivity index (χ4v) is 10.7. The van der Waals surface area contributed by atoms with Crippen molar-refractivity contribution in [2.45, 2.75) is 44.9 Å². The van der Waals surface area contributed by atoms with Crippen molar-refractivity contribution < 1.29 is 0 Å². The Kier molecular flexibility index (Phi) is 8.19. The first kappa shape index (κ1) is 35.8. The van der Waals surface area contributed by atoms with E-state index >= 15 is 0 Å². The van der Waals surface area contributed by atoms with E-state index in [2.05, 4.69) is 218 Å². The van der Waals surface area contributed by atoms with Crippen LogP contribution in [0.25, 0.3) is 43.4 Å². The minimum atomic E-state index is -0.239. The van der Waals surface area contributed by atoms with Crippen LogP contribution < -0.4 is 9.80 Å². The molecule has 0 amide bonds. The monoisotopic (exact) mass is 782 g/mol. The lowest BCUT2D eigenvalue weighted by molar-refractivity contribution is 0.660. The molecule has 8 aromatic carbocycles. The predicted molar refractivity (Wildman–Crippen MR) is 259 cm³/mol. The molecule has 4 aliphatic carbocycles. The summed E-state index contributed by atoms with van der Waals surface area (Å²) in [5.41, 5.74) is 17.9. The molecule has 0 unspecified atom stereocenters. The largest absolute Gasteiger partial charge is 0.310 e. The minimum absolute atomic E-state index is 0.239. The number of hydrogen-bond donors (Lipinski definition) is 0. The van der Waals surface area contributed by atoms with E-state index in [-0.39, 0.29) is 5.41 Å². The first-order chi connectivity index (χ1) is 30.0. The molecule has 0 heterocycles. The van der Waals surface area contributed by atoms with Gasteiger partial charge in [0.15, 0.2) is 0 Å². The van der Waals surface area contributed by atoms with Gasteiger partial charge in [0, 0.05) is 39.2 Å². The molecule has 61 heavy (non-hydrogen) atoms. The van der Waals surface area contributed by atoms with Crippen LogP contribution in [0.4, 0.5) is 28.4 Å². The summed E-state index contributed by atoms with van der Waals surface area (Å²) in [5.74, 6) is 0. The second-order valence-corrected chi connectivity index (χ2v) is 17.7. The van der Waals surface area contributed by atoms with Gasteiger partial charge in [0.05, 0.1) is 5.69 Å². The topological polar surface area (TPSA) is 6.48 Å². The highest BCUT2D eigenvalue weighted by Crippen LogP contribution is 2.53. The second-order valence-electron chi connectivity index (χ2n) is 17.7. The number of anilines is 5. The zero-order valence-electron chi connectivity index (χ0n) is 34.7. The second kappa shape index (κ2) is 14.0. The maximum absolute atomic E-state index is 2.49. The Balaban J connectivity index is 0.978. The van der Waals surface area contributed by atoms with E-state index in [4.69, 9.17) is 0 Å². The highest BCUT2D eigenvalue weighted by atomic mass is 15.2. The van der Waals surface area contributed by atoms with Gasteiger partial charge in [-0.3, -0.25) is 0 Å². The molecule has 292 valence electrons. The van der Waals surface area contributed by atoms with E-state index in [0.717, 1.165) is 37.1 Å². The molecule has 4 aliphatic rings. The van der Waals surface area contributed by atoms with Crippen molar-refractivity contribution in [3.05, 3.63) is 233 Å². The van der Waals surface area contributed by atoms with Gasteiger partial charge in [0.25, 0.3) is 0 Å². The van der Waals surface area contributed by atoms with Gasteiger partial charge in [0.2, 0.25) is 0 Å². The number of hydrogen-bond acceptors (Lipinski definition) is 2. The SMILES string of the molecule is CC1(C)c2cc(N(C3=CC=C4CCC5=CC=C/C(=C/C=C3C4)C5)c3ccccc3)ccc2-c2ccc(N(c3ccccc3)c3ccc4ccc5cccc6ccc3c4c56)cc21. The zero-order chi connectivity index (χ0) is 40.7. The number of para-hydroxylation sites is 2. The van der Waals surface area contributed by atoms with Gasteiger partial charge in [-0.25, -0.2) is 0 Å². The van der Waals surface area contributed by atoms with Crippen molar-refractivity contribution in [3.63, 3.8) is 0 Å². The molecule has 0 saturated heterocycles. The molecule has 2 heteroatoms. The Morgan fingerprint density at radius 2 is 1.07 bits per heavy atom. The molecule has 0 radical (unpaired) electrons. The quantitative estimate of drug-likeness (QED) is 0.155. The maximum Gasteiger partial charge on any atom is 0.0540 e. The number of nitrogens with zero attached hydrogens (tertiary/aromatic N) is 2. The van der Waals surface area contributed by atoms with E-state index in [0.29, 0.717) is 0 Å². The third kappa shape index (κ3) is 5.85. The van der Waals surface area contributed by atoms with Crippen LogP contribution in [-0.2, 0) is 5.41 Å². The highest BCUT2D eigenvalue weighted by Gasteiger charge is 2.37. The van der Waals surface area contributed by atoms with Crippen LogP contribution in [0, 0.1) is 0 Å². The zero-order valence-corrected chi connectivity index (χ0v) is 34.7. The van der Waals surface area contributed by atoms with Gasteiger partial charge in [0.1, 0.15) is 0 Å². The highest BCUT2D eigenvalue weighted by molar-refractivity contribution is 6.25. The van der Waals surface area contributed by atoms with Crippen molar-refractivity contribution in [2.75, 3.05) is 9.80 Å². The Hall–Kier alpha value is -7.16. The summed E-state index contributed by atoms with van der Waals surface area (Å²) < 4.78 is 0. The lowest BCUT2D eigenvalue weighted by atomic mass is 9.82. The first-order valence-corrected chi connectivity index (χ1v) is 21.8.